The van der Waals surface area contributed by atoms with E-state index in [1.54, 1.807) is 4.52 Å². The molecule has 1 atom stereocenters. The maximum atomic E-state index is 11.4. The lowest BCUT2D eigenvalue weighted by molar-refractivity contribution is -0.137. The van der Waals surface area contributed by atoms with Gasteiger partial charge in [-0.05, 0) is 13.0 Å². The molecule has 2 aromatic heterocycles. The van der Waals surface area contributed by atoms with Gasteiger partial charge in [-0.3, -0.25) is 4.79 Å². The maximum absolute atomic E-state index is 11.4. The van der Waals surface area contributed by atoms with Crippen molar-refractivity contribution in [2.45, 2.75) is 23.6 Å². The first-order valence-electron chi connectivity index (χ1n) is 5.25. The summed E-state index contributed by atoms with van der Waals surface area (Å²) in [5.74, 6) is 0.400. The molecule has 2 aromatic rings. The Morgan fingerprint density at radius 1 is 1.59 bits per heavy atom. The normalized spacial score (nSPS) is 19.8. The lowest BCUT2D eigenvalue weighted by Crippen LogP contribution is -2.11. The average Bonchev–Trinajstić information content (AvgIpc) is 2.88. The van der Waals surface area contributed by atoms with Crippen LogP contribution in [0.5, 0.6) is 0 Å². The van der Waals surface area contributed by atoms with Crippen LogP contribution in [0.15, 0.2) is 17.4 Å². The summed E-state index contributed by atoms with van der Waals surface area (Å²) in [6.07, 6.45) is 2.19. The van der Waals surface area contributed by atoms with Gasteiger partial charge < -0.3 is 4.74 Å². The summed E-state index contributed by atoms with van der Waals surface area (Å²) in [4.78, 5) is 19.7. The highest BCUT2D eigenvalue weighted by Gasteiger charge is 2.28. The number of hydrogen-bond acceptors (Lipinski definition) is 6. The molecule has 0 bridgehead atoms. The average molecular weight is 250 g/mol. The van der Waals surface area contributed by atoms with Gasteiger partial charge in [0.25, 0.3) is 5.78 Å². The van der Waals surface area contributed by atoms with Crippen LogP contribution < -0.4 is 0 Å². The Bertz CT molecular complexity index is 583. The molecule has 0 radical (unpaired) electrons. The van der Waals surface area contributed by atoms with Gasteiger partial charge in [-0.2, -0.15) is 14.6 Å². The Morgan fingerprint density at radius 2 is 2.47 bits per heavy atom. The van der Waals surface area contributed by atoms with Crippen molar-refractivity contribution in [3.63, 3.8) is 0 Å². The molecule has 0 N–H and O–H groups in total. The van der Waals surface area contributed by atoms with E-state index in [1.165, 1.54) is 18.1 Å². The number of cyclic esters (lactones) is 1. The molecule has 1 aliphatic heterocycles. The first kappa shape index (κ1) is 10.5. The number of carbonyl (C=O) groups is 1. The van der Waals surface area contributed by atoms with E-state index in [1.807, 2.05) is 13.0 Å². The summed E-state index contributed by atoms with van der Waals surface area (Å²) in [7, 11) is 0. The largest absolute Gasteiger partial charge is 0.465 e. The predicted molar refractivity (Wildman–Crippen MR) is 60.7 cm³/mol. The van der Waals surface area contributed by atoms with Crippen LogP contribution in [0.2, 0.25) is 0 Å². The van der Waals surface area contributed by atoms with Gasteiger partial charge in [-0.25, -0.2) is 4.98 Å². The highest BCUT2D eigenvalue weighted by atomic mass is 32.2. The Balaban J connectivity index is 1.98. The monoisotopic (exact) mass is 250 g/mol. The van der Waals surface area contributed by atoms with E-state index in [4.69, 9.17) is 4.74 Å². The number of ether oxygens (including phenoxy) is 1. The number of nitrogens with zero attached hydrogens (tertiary/aromatic N) is 4. The third kappa shape index (κ3) is 1.86. The Hall–Kier alpha value is -1.63. The predicted octanol–water partition coefficient (Wildman–Crippen LogP) is 0.840. The van der Waals surface area contributed by atoms with Crippen LogP contribution >= 0.6 is 11.8 Å². The summed E-state index contributed by atoms with van der Waals surface area (Å²) in [5.41, 5.74) is 0.861. The molecule has 1 fully saturated rings. The van der Waals surface area contributed by atoms with E-state index in [0.29, 0.717) is 12.4 Å². The molecule has 3 rings (SSSR count). The van der Waals surface area contributed by atoms with Gasteiger partial charge in [-0.15, -0.1) is 0 Å². The number of carbonyl (C=O) groups excluding carboxylic acids is 1. The van der Waals surface area contributed by atoms with Gasteiger partial charge in [0.15, 0.2) is 0 Å². The summed E-state index contributed by atoms with van der Waals surface area (Å²) in [6.45, 7) is 2.40. The van der Waals surface area contributed by atoms with Crippen molar-refractivity contribution in [1.29, 1.82) is 0 Å². The van der Waals surface area contributed by atoms with E-state index in [9.17, 15) is 4.79 Å². The van der Waals surface area contributed by atoms with Gasteiger partial charge >= 0.3 is 5.97 Å². The fraction of sp³-hybridized carbons (Fsp3) is 0.400. The molecular formula is C10H10N4O2S. The smallest absolute Gasteiger partial charge is 0.319 e. The quantitative estimate of drug-likeness (QED) is 0.581. The summed E-state index contributed by atoms with van der Waals surface area (Å²) < 4.78 is 6.58. The van der Waals surface area contributed by atoms with Crippen molar-refractivity contribution in [2.75, 3.05) is 6.61 Å². The van der Waals surface area contributed by atoms with Crippen molar-refractivity contribution in [2.24, 2.45) is 0 Å². The number of thioether (sulfide) groups is 1. The van der Waals surface area contributed by atoms with Gasteiger partial charge in [0.1, 0.15) is 16.6 Å². The van der Waals surface area contributed by atoms with E-state index in [0.717, 1.165) is 17.1 Å². The Kier molecular flexibility index (Phi) is 2.47. The fourth-order valence-electron chi connectivity index (χ4n) is 1.71. The standard InChI is InChI=1S/C10H10N4O2S/c1-6-4-8(14-10(13-6)11-5-12-14)17-7-2-3-16-9(7)15/h4-5,7H,2-3H2,1H3/t7-/m1/s1. The molecule has 1 aliphatic rings. The molecule has 0 aliphatic carbocycles. The summed E-state index contributed by atoms with van der Waals surface area (Å²) in [5, 5.41) is 4.82. The summed E-state index contributed by atoms with van der Waals surface area (Å²) in [6, 6.07) is 1.90. The highest BCUT2D eigenvalue weighted by molar-refractivity contribution is 8.00. The lowest BCUT2D eigenvalue weighted by Gasteiger charge is -2.07. The van der Waals surface area contributed by atoms with Crippen molar-refractivity contribution in [1.82, 2.24) is 19.6 Å². The van der Waals surface area contributed by atoms with Crippen LogP contribution in [-0.4, -0.2) is 37.4 Å². The van der Waals surface area contributed by atoms with Crippen molar-refractivity contribution in [3.05, 3.63) is 18.1 Å². The zero-order valence-electron chi connectivity index (χ0n) is 9.16. The molecule has 17 heavy (non-hydrogen) atoms. The number of esters is 1. The molecule has 88 valence electrons. The van der Waals surface area contributed by atoms with E-state index in [-0.39, 0.29) is 11.2 Å². The van der Waals surface area contributed by atoms with Crippen LogP contribution in [-0.2, 0) is 9.53 Å². The van der Waals surface area contributed by atoms with Gasteiger partial charge in [-0.1, -0.05) is 11.8 Å². The summed E-state index contributed by atoms with van der Waals surface area (Å²) >= 11 is 1.45. The van der Waals surface area contributed by atoms with Gasteiger partial charge in [0, 0.05) is 12.1 Å². The minimum Gasteiger partial charge on any atom is -0.465 e. The van der Waals surface area contributed by atoms with Crippen LogP contribution in [0, 0.1) is 6.92 Å². The molecule has 1 saturated heterocycles. The number of hydrogen-bond donors (Lipinski definition) is 0. The third-order valence-electron chi connectivity index (χ3n) is 2.50. The van der Waals surface area contributed by atoms with E-state index in [2.05, 4.69) is 15.1 Å². The molecule has 6 nitrogen and oxygen atoms in total. The fourth-order valence-corrected chi connectivity index (χ4v) is 2.85. The molecule has 0 spiro atoms. The minimum absolute atomic E-state index is 0.149. The molecule has 3 heterocycles. The SMILES string of the molecule is Cc1cc(S[C@@H]2CCOC2=O)n2ncnc2n1. The van der Waals surface area contributed by atoms with Crippen molar-refractivity contribution >= 4 is 23.5 Å². The Labute approximate surface area is 101 Å². The van der Waals surface area contributed by atoms with Crippen molar-refractivity contribution in [3.8, 4) is 0 Å². The zero-order valence-corrected chi connectivity index (χ0v) is 9.98. The van der Waals surface area contributed by atoms with Gasteiger partial charge in [0.2, 0.25) is 0 Å². The van der Waals surface area contributed by atoms with Gasteiger partial charge in [0.05, 0.1) is 6.61 Å². The first-order valence-corrected chi connectivity index (χ1v) is 6.13. The van der Waals surface area contributed by atoms with Crippen LogP contribution in [0.4, 0.5) is 0 Å². The number of aryl methyl sites for hydroxylation is 1. The molecule has 7 heteroatoms. The highest BCUT2D eigenvalue weighted by Crippen LogP contribution is 2.29. The van der Waals surface area contributed by atoms with Crippen LogP contribution in [0.3, 0.4) is 0 Å². The molecular weight excluding hydrogens is 240 g/mol. The van der Waals surface area contributed by atoms with Crippen LogP contribution in [0.25, 0.3) is 5.78 Å². The number of rotatable bonds is 2. The van der Waals surface area contributed by atoms with Crippen LogP contribution in [0.1, 0.15) is 12.1 Å². The van der Waals surface area contributed by atoms with E-state index >= 15 is 0 Å². The number of aromatic nitrogens is 4. The third-order valence-corrected chi connectivity index (χ3v) is 3.74. The Morgan fingerprint density at radius 3 is 3.24 bits per heavy atom. The number of fused-ring (bicyclic) bond motifs is 1. The topological polar surface area (TPSA) is 69.4 Å². The molecule has 0 unspecified atom stereocenters. The zero-order chi connectivity index (χ0) is 11.8. The molecule has 0 amide bonds. The lowest BCUT2D eigenvalue weighted by atomic mass is 10.4. The first-order chi connectivity index (χ1) is 8.24. The second-order valence-corrected chi connectivity index (χ2v) is 4.99. The second-order valence-electron chi connectivity index (χ2n) is 3.77. The maximum Gasteiger partial charge on any atom is 0.319 e. The minimum atomic E-state index is -0.155. The molecule has 0 saturated carbocycles. The van der Waals surface area contributed by atoms with E-state index < -0.39 is 0 Å². The second kappa shape index (κ2) is 3.99. The molecule has 0 aromatic carbocycles. The van der Waals surface area contributed by atoms with Crippen molar-refractivity contribution < 1.29 is 9.53 Å².